The molecule has 0 saturated heterocycles. The zero-order valence-electron chi connectivity index (χ0n) is 8.31. The van der Waals surface area contributed by atoms with E-state index in [9.17, 15) is 5.11 Å². The van der Waals surface area contributed by atoms with E-state index in [0.29, 0.717) is 0 Å². The molecule has 0 amide bonds. The van der Waals surface area contributed by atoms with Crippen molar-refractivity contribution in [3.63, 3.8) is 0 Å². The monoisotopic (exact) mass is 156 g/mol. The summed E-state index contributed by atoms with van der Waals surface area (Å²) in [6.45, 7) is 10.3. The first kappa shape index (κ1) is 10.7. The van der Waals surface area contributed by atoms with Gasteiger partial charge >= 0.3 is 0 Å². The third-order valence-corrected chi connectivity index (χ3v) is 2.43. The number of hydrogen-bond donors (Lipinski definition) is 1. The Morgan fingerprint density at radius 3 is 2.09 bits per heavy atom. The molecule has 1 N–H and O–H groups in total. The first-order valence-corrected chi connectivity index (χ1v) is 4.30. The van der Waals surface area contributed by atoms with Crippen molar-refractivity contribution in [2.75, 3.05) is 0 Å². The van der Waals surface area contributed by atoms with Crippen molar-refractivity contribution in [1.82, 2.24) is 0 Å². The zero-order chi connectivity index (χ0) is 9.07. The van der Waals surface area contributed by atoms with Gasteiger partial charge in [0.25, 0.3) is 0 Å². The van der Waals surface area contributed by atoms with Crippen molar-refractivity contribution in [2.45, 2.75) is 47.1 Å². The average molecular weight is 156 g/mol. The molecule has 0 aromatic carbocycles. The van der Waals surface area contributed by atoms with Crippen LogP contribution in [0.15, 0.2) is 11.6 Å². The summed E-state index contributed by atoms with van der Waals surface area (Å²) < 4.78 is 0. The predicted molar refractivity (Wildman–Crippen MR) is 49.5 cm³/mol. The van der Waals surface area contributed by atoms with E-state index in [1.165, 1.54) is 0 Å². The molecule has 0 rings (SSSR count). The highest BCUT2D eigenvalue weighted by atomic mass is 16.3. The lowest BCUT2D eigenvalue weighted by atomic mass is 9.79. The standard InChI is InChI=1S/C10H20O/c1-6-9(8(3)11)10(4,5)7-2/h6,8,11H,7H2,1-5H3/b9-6+. The Bertz CT molecular complexity index is 143. The highest BCUT2D eigenvalue weighted by Gasteiger charge is 2.23. The zero-order valence-corrected chi connectivity index (χ0v) is 8.31. The summed E-state index contributed by atoms with van der Waals surface area (Å²) in [5, 5.41) is 9.41. The number of hydrogen-bond acceptors (Lipinski definition) is 1. The minimum absolute atomic E-state index is 0.142. The molecule has 0 aliphatic carbocycles. The lowest BCUT2D eigenvalue weighted by Crippen LogP contribution is -2.21. The van der Waals surface area contributed by atoms with Crippen LogP contribution in [0, 0.1) is 5.41 Å². The van der Waals surface area contributed by atoms with Gasteiger partial charge in [-0.1, -0.05) is 26.8 Å². The van der Waals surface area contributed by atoms with Crippen molar-refractivity contribution in [3.05, 3.63) is 11.6 Å². The molecule has 0 fully saturated rings. The van der Waals surface area contributed by atoms with Gasteiger partial charge in [0, 0.05) is 0 Å². The van der Waals surface area contributed by atoms with Crippen molar-refractivity contribution >= 4 is 0 Å². The molecule has 0 spiro atoms. The molecule has 66 valence electrons. The number of aliphatic hydroxyl groups excluding tert-OH is 1. The predicted octanol–water partition coefficient (Wildman–Crippen LogP) is 2.75. The van der Waals surface area contributed by atoms with Gasteiger partial charge in [0.1, 0.15) is 0 Å². The van der Waals surface area contributed by atoms with Gasteiger partial charge in [-0.2, -0.15) is 0 Å². The Hall–Kier alpha value is -0.300. The molecule has 0 aliphatic rings. The Balaban J connectivity index is 4.52. The van der Waals surface area contributed by atoms with Crippen LogP contribution in [-0.2, 0) is 0 Å². The van der Waals surface area contributed by atoms with E-state index in [0.717, 1.165) is 12.0 Å². The van der Waals surface area contributed by atoms with Crippen LogP contribution < -0.4 is 0 Å². The number of aliphatic hydroxyl groups is 1. The molecule has 0 bridgehead atoms. The van der Waals surface area contributed by atoms with E-state index < -0.39 is 0 Å². The van der Waals surface area contributed by atoms with Gasteiger partial charge in [0.05, 0.1) is 6.10 Å². The molecule has 1 nitrogen and oxygen atoms in total. The highest BCUT2D eigenvalue weighted by Crippen LogP contribution is 2.31. The molecule has 1 heteroatoms. The van der Waals surface area contributed by atoms with E-state index in [4.69, 9.17) is 0 Å². The van der Waals surface area contributed by atoms with Crippen LogP contribution in [-0.4, -0.2) is 11.2 Å². The molecule has 0 aliphatic heterocycles. The Morgan fingerprint density at radius 2 is 2.00 bits per heavy atom. The van der Waals surface area contributed by atoms with Crippen LogP contribution in [0.5, 0.6) is 0 Å². The highest BCUT2D eigenvalue weighted by molar-refractivity contribution is 5.14. The maximum Gasteiger partial charge on any atom is 0.0727 e. The maximum absolute atomic E-state index is 9.41. The fraction of sp³-hybridized carbons (Fsp3) is 0.800. The van der Waals surface area contributed by atoms with Gasteiger partial charge in [-0.3, -0.25) is 0 Å². The molecule has 0 heterocycles. The first-order chi connectivity index (χ1) is 4.95. The van der Waals surface area contributed by atoms with Crippen molar-refractivity contribution < 1.29 is 5.11 Å². The maximum atomic E-state index is 9.41. The Kier molecular flexibility index (Phi) is 3.81. The van der Waals surface area contributed by atoms with Crippen LogP contribution in [0.1, 0.15) is 41.0 Å². The summed E-state index contributed by atoms with van der Waals surface area (Å²) in [5.41, 5.74) is 1.28. The van der Waals surface area contributed by atoms with Gasteiger partial charge < -0.3 is 5.11 Å². The van der Waals surface area contributed by atoms with Crippen LogP contribution in [0.4, 0.5) is 0 Å². The summed E-state index contributed by atoms with van der Waals surface area (Å²) in [5.74, 6) is 0. The van der Waals surface area contributed by atoms with Gasteiger partial charge in [-0.05, 0) is 31.3 Å². The second-order valence-corrected chi connectivity index (χ2v) is 3.66. The van der Waals surface area contributed by atoms with E-state index in [1.807, 2.05) is 19.9 Å². The van der Waals surface area contributed by atoms with E-state index in [-0.39, 0.29) is 11.5 Å². The van der Waals surface area contributed by atoms with Gasteiger partial charge in [-0.25, -0.2) is 0 Å². The van der Waals surface area contributed by atoms with Gasteiger partial charge in [-0.15, -0.1) is 0 Å². The minimum Gasteiger partial charge on any atom is -0.389 e. The third kappa shape index (κ3) is 2.66. The second kappa shape index (κ2) is 3.91. The average Bonchev–Trinajstić information content (AvgIpc) is 1.88. The number of allylic oxidation sites excluding steroid dienone is 1. The topological polar surface area (TPSA) is 20.2 Å². The lowest BCUT2D eigenvalue weighted by Gasteiger charge is -2.28. The Labute approximate surface area is 70.1 Å². The summed E-state index contributed by atoms with van der Waals surface area (Å²) in [7, 11) is 0. The number of rotatable bonds is 3. The van der Waals surface area contributed by atoms with Crippen LogP contribution >= 0.6 is 0 Å². The summed E-state index contributed by atoms with van der Waals surface area (Å²) in [6.07, 6.45) is 2.78. The molecule has 0 radical (unpaired) electrons. The van der Waals surface area contributed by atoms with Gasteiger partial charge in [0.2, 0.25) is 0 Å². The SMILES string of the molecule is C/C=C(\C(C)O)C(C)(C)CC. The molecule has 0 aromatic heterocycles. The molecular weight excluding hydrogens is 136 g/mol. The van der Waals surface area contributed by atoms with Crippen LogP contribution in [0.25, 0.3) is 0 Å². The summed E-state index contributed by atoms with van der Waals surface area (Å²) >= 11 is 0. The molecular formula is C10H20O. The molecule has 11 heavy (non-hydrogen) atoms. The van der Waals surface area contributed by atoms with Crippen molar-refractivity contribution in [2.24, 2.45) is 5.41 Å². The molecule has 0 aromatic rings. The molecule has 1 unspecified atom stereocenters. The summed E-state index contributed by atoms with van der Waals surface area (Å²) in [6, 6.07) is 0. The third-order valence-electron chi connectivity index (χ3n) is 2.43. The van der Waals surface area contributed by atoms with Crippen LogP contribution in [0.3, 0.4) is 0 Å². The van der Waals surface area contributed by atoms with E-state index in [1.54, 1.807) is 0 Å². The smallest absolute Gasteiger partial charge is 0.0727 e. The van der Waals surface area contributed by atoms with E-state index in [2.05, 4.69) is 20.8 Å². The Morgan fingerprint density at radius 1 is 1.55 bits per heavy atom. The van der Waals surface area contributed by atoms with Crippen LogP contribution in [0.2, 0.25) is 0 Å². The van der Waals surface area contributed by atoms with E-state index >= 15 is 0 Å². The molecule has 1 atom stereocenters. The second-order valence-electron chi connectivity index (χ2n) is 3.66. The fourth-order valence-electron chi connectivity index (χ4n) is 1.40. The largest absolute Gasteiger partial charge is 0.389 e. The lowest BCUT2D eigenvalue weighted by molar-refractivity contribution is 0.196. The molecule has 0 saturated carbocycles. The fourth-order valence-corrected chi connectivity index (χ4v) is 1.40. The van der Waals surface area contributed by atoms with Gasteiger partial charge in [0.15, 0.2) is 0 Å². The normalized spacial score (nSPS) is 16.7. The quantitative estimate of drug-likeness (QED) is 0.623. The van der Waals surface area contributed by atoms with Crippen molar-refractivity contribution in [1.29, 1.82) is 0 Å². The minimum atomic E-state index is -0.310. The first-order valence-electron chi connectivity index (χ1n) is 4.30. The summed E-state index contributed by atoms with van der Waals surface area (Å²) in [4.78, 5) is 0. The van der Waals surface area contributed by atoms with Crippen molar-refractivity contribution in [3.8, 4) is 0 Å².